The highest BCUT2D eigenvalue weighted by atomic mass is 35.5. The van der Waals surface area contributed by atoms with Crippen LogP contribution in [0.5, 0.6) is 0 Å². The molecular formula is C22H21ClN2O3. The molecule has 1 heterocycles. The molecule has 0 aliphatic heterocycles. The molecule has 1 aromatic heterocycles. The monoisotopic (exact) mass is 396 g/mol. The van der Waals surface area contributed by atoms with Crippen LogP contribution in [-0.2, 0) is 4.74 Å². The lowest BCUT2D eigenvalue weighted by atomic mass is 10.1. The predicted molar refractivity (Wildman–Crippen MR) is 111 cm³/mol. The number of hydrogen-bond acceptors (Lipinski definition) is 3. The standard InChI is InChI=1S/C22H21ClN2O3/c1-13-5-8-16(22(27)28-4)11-20(13)24-21(26)18-12-17(9-10-19(18)23)25-14(2)6-7-15(25)3/h5-12H,1-4H3,(H,24,26). The summed E-state index contributed by atoms with van der Waals surface area (Å²) >= 11 is 6.30. The number of carbonyl (C=O) groups is 2. The van der Waals surface area contributed by atoms with E-state index in [0.717, 1.165) is 22.6 Å². The van der Waals surface area contributed by atoms with Crippen LogP contribution in [-0.4, -0.2) is 23.6 Å². The van der Waals surface area contributed by atoms with Gasteiger partial charge in [-0.1, -0.05) is 17.7 Å². The Hall–Kier alpha value is -3.05. The first kappa shape index (κ1) is 19.7. The molecule has 3 rings (SSSR count). The van der Waals surface area contributed by atoms with Crippen molar-refractivity contribution in [1.29, 1.82) is 0 Å². The Morgan fingerprint density at radius 3 is 2.29 bits per heavy atom. The molecule has 0 aliphatic rings. The lowest BCUT2D eigenvalue weighted by Gasteiger charge is -2.14. The minimum absolute atomic E-state index is 0.348. The zero-order valence-corrected chi connectivity index (χ0v) is 16.9. The van der Waals surface area contributed by atoms with Gasteiger partial charge < -0.3 is 14.6 Å². The summed E-state index contributed by atoms with van der Waals surface area (Å²) in [5.41, 5.74) is 5.06. The first-order valence-corrected chi connectivity index (χ1v) is 9.15. The highest BCUT2D eigenvalue weighted by Gasteiger charge is 2.16. The number of aryl methyl sites for hydroxylation is 3. The number of rotatable bonds is 4. The van der Waals surface area contributed by atoms with Gasteiger partial charge in [-0.05, 0) is 68.8 Å². The topological polar surface area (TPSA) is 60.3 Å². The quantitative estimate of drug-likeness (QED) is 0.624. The van der Waals surface area contributed by atoms with Crippen LogP contribution in [0.3, 0.4) is 0 Å². The van der Waals surface area contributed by atoms with Gasteiger partial charge in [0.2, 0.25) is 0 Å². The molecule has 1 amide bonds. The summed E-state index contributed by atoms with van der Waals surface area (Å²) in [5.74, 6) is -0.812. The predicted octanol–water partition coefficient (Wildman–Crippen LogP) is 5.09. The number of ether oxygens (including phenoxy) is 1. The number of halogens is 1. The molecule has 0 spiro atoms. The van der Waals surface area contributed by atoms with Gasteiger partial charge in [-0.25, -0.2) is 4.79 Å². The van der Waals surface area contributed by atoms with E-state index in [0.29, 0.717) is 21.8 Å². The summed E-state index contributed by atoms with van der Waals surface area (Å²) in [6.45, 7) is 5.85. The molecule has 28 heavy (non-hydrogen) atoms. The van der Waals surface area contributed by atoms with Crippen molar-refractivity contribution in [2.24, 2.45) is 0 Å². The van der Waals surface area contributed by atoms with E-state index in [-0.39, 0.29) is 5.91 Å². The van der Waals surface area contributed by atoms with Gasteiger partial charge in [0.15, 0.2) is 0 Å². The number of nitrogens with zero attached hydrogens (tertiary/aromatic N) is 1. The van der Waals surface area contributed by atoms with Gasteiger partial charge in [0.1, 0.15) is 0 Å². The molecule has 144 valence electrons. The summed E-state index contributed by atoms with van der Waals surface area (Å²) in [6.07, 6.45) is 0. The number of esters is 1. The van der Waals surface area contributed by atoms with E-state index in [1.807, 2.05) is 39.0 Å². The minimum atomic E-state index is -0.464. The van der Waals surface area contributed by atoms with E-state index in [2.05, 4.69) is 9.88 Å². The van der Waals surface area contributed by atoms with Crippen molar-refractivity contribution < 1.29 is 14.3 Å². The summed E-state index contributed by atoms with van der Waals surface area (Å²) in [7, 11) is 1.32. The maximum atomic E-state index is 12.9. The van der Waals surface area contributed by atoms with Crippen LogP contribution in [0.4, 0.5) is 5.69 Å². The number of amides is 1. The fourth-order valence-corrected chi connectivity index (χ4v) is 3.30. The van der Waals surface area contributed by atoms with Crippen molar-refractivity contribution >= 4 is 29.2 Å². The van der Waals surface area contributed by atoms with Crippen molar-refractivity contribution in [3.63, 3.8) is 0 Å². The van der Waals surface area contributed by atoms with E-state index in [4.69, 9.17) is 16.3 Å². The number of benzene rings is 2. The number of anilines is 1. The molecule has 1 N–H and O–H groups in total. The third kappa shape index (κ3) is 3.80. The normalized spacial score (nSPS) is 10.6. The Labute approximate surface area is 168 Å². The molecule has 5 nitrogen and oxygen atoms in total. The minimum Gasteiger partial charge on any atom is -0.465 e. The van der Waals surface area contributed by atoms with Gasteiger partial charge in [-0.3, -0.25) is 4.79 Å². The first-order chi connectivity index (χ1) is 13.3. The Morgan fingerprint density at radius 2 is 1.64 bits per heavy atom. The lowest BCUT2D eigenvalue weighted by molar-refractivity contribution is 0.0600. The molecule has 0 radical (unpaired) electrons. The molecule has 6 heteroatoms. The summed E-state index contributed by atoms with van der Waals surface area (Å²) in [4.78, 5) is 24.7. The van der Waals surface area contributed by atoms with E-state index >= 15 is 0 Å². The van der Waals surface area contributed by atoms with Crippen LogP contribution >= 0.6 is 11.6 Å². The molecule has 0 saturated heterocycles. The first-order valence-electron chi connectivity index (χ1n) is 8.77. The fraction of sp³-hybridized carbons (Fsp3) is 0.182. The fourth-order valence-electron chi connectivity index (χ4n) is 3.09. The van der Waals surface area contributed by atoms with E-state index in [1.54, 1.807) is 30.3 Å². The second-order valence-electron chi connectivity index (χ2n) is 6.59. The maximum absolute atomic E-state index is 12.9. The van der Waals surface area contributed by atoms with E-state index < -0.39 is 5.97 Å². The SMILES string of the molecule is COC(=O)c1ccc(C)c(NC(=O)c2cc(-n3c(C)ccc3C)ccc2Cl)c1. The number of carbonyl (C=O) groups excluding carboxylic acids is 2. The lowest BCUT2D eigenvalue weighted by Crippen LogP contribution is -2.15. The number of hydrogen-bond donors (Lipinski definition) is 1. The van der Waals surface area contributed by atoms with Gasteiger partial charge in [0.05, 0.1) is 23.3 Å². The van der Waals surface area contributed by atoms with Crippen LogP contribution in [0.25, 0.3) is 5.69 Å². The van der Waals surface area contributed by atoms with Gasteiger partial charge >= 0.3 is 5.97 Å². The maximum Gasteiger partial charge on any atom is 0.337 e. The number of aromatic nitrogens is 1. The molecule has 2 aromatic carbocycles. The molecule has 0 saturated carbocycles. The van der Waals surface area contributed by atoms with Gasteiger partial charge in [-0.2, -0.15) is 0 Å². The van der Waals surface area contributed by atoms with Crippen molar-refractivity contribution in [3.8, 4) is 5.69 Å². The second kappa shape index (κ2) is 7.90. The van der Waals surface area contributed by atoms with Crippen molar-refractivity contribution in [2.45, 2.75) is 20.8 Å². The van der Waals surface area contributed by atoms with Crippen LogP contribution in [0.1, 0.15) is 37.7 Å². The molecule has 0 aliphatic carbocycles. The van der Waals surface area contributed by atoms with Crippen molar-refractivity contribution in [2.75, 3.05) is 12.4 Å². The second-order valence-corrected chi connectivity index (χ2v) is 7.00. The Morgan fingerprint density at radius 1 is 0.964 bits per heavy atom. The molecule has 0 bridgehead atoms. The zero-order valence-electron chi connectivity index (χ0n) is 16.2. The van der Waals surface area contributed by atoms with Crippen LogP contribution in [0, 0.1) is 20.8 Å². The molecule has 3 aromatic rings. The van der Waals surface area contributed by atoms with Gasteiger partial charge in [0, 0.05) is 22.8 Å². The van der Waals surface area contributed by atoms with Crippen LogP contribution in [0.15, 0.2) is 48.5 Å². The third-order valence-electron chi connectivity index (χ3n) is 4.63. The highest BCUT2D eigenvalue weighted by Crippen LogP contribution is 2.25. The van der Waals surface area contributed by atoms with Crippen LogP contribution in [0.2, 0.25) is 5.02 Å². The summed E-state index contributed by atoms with van der Waals surface area (Å²) in [6, 6.07) is 14.4. The highest BCUT2D eigenvalue weighted by molar-refractivity contribution is 6.34. The summed E-state index contributed by atoms with van der Waals surface area (Å²) in [5, 5.41) is 3.20. The number of nitrogens with one attached hydrogen (secondary N) is 1. The Kier molecular flexibility index (Phi) is 5.56. The van der Waals surface area contributed by atoms with Gasteiger partial charge in [-0.15, -0.1) is 0 Å². The van der Waals surface area contributed by atoms with Crippen LogP contribution < -0.4 is 5.32 Å². The average Bonchev–Trinajstić information content (AvgIpc) is 3.01. The third-order valence-corrected chi connectivity index (χ3v) is 4.96. The molecule has 0 fully saturated rings. The average molecular weight is 397 g/mol. The molecular weight excluding hydrogens is 376 g/mol. The Balaban J connectivity index is 1.96. The molecule has 0 atom stereocenters. The smallest absolute Gasteiger partial charge is 0.337 e. The number of methoxy groups -OCH3 is 1. The van der Waals surface area contributed by atoms with Crippen molar-refractivity contribution in [1.82, 2.24) is 4.57 Å². The van der Waals surface area contributed by atoms with Gasteiger partial charge in [0.25, 0.3) is 5.91 Å². The molecule has 0 unspecified atom stereocenters. The van der Waals surface area contributed by atoms with E-state index in [9.17, 15) is 9.59 Å². The largest absolute Gasteiger partial charge is 0.465 e. The Bertz CT molecular complexity index is 1050. The summed E-state index contributed by atoms with van der Waals surface area (Å²) < 4.78 is 6.80. The zero-order chi connectivity index (χ0) is 20.4. The van der Waals surface area contributed by atoms with E-state index in [1.165, 1.54) is 7.11 Å². The van der Waals surface area contributed by atoms with Crippen molar-refractivity contribution in [3.05, 3.63) is 81.6 Å².